The molecule has 1 aromatic carbocycles. The first-order valence-corrected chi connectivity index (χ1v) is 7.21. The normalized spacial score (nSPS) is 20.1. The van der Waals surface area contributed by atoms with Crippen LogP contribution in [0.5, 0.6) is 5.75 Å². The lowest BCUT2D eigenvalue weighted by atomic mass is 10.1. The van der Waals surface area contributed by atoms with E-state index in [4.69, 9.17) is 4.74 Å². The Morgan fingerprint density at radius 3 is 3.11 bits per heavy atom. The Kier molecular flexibility index (Phi) is 2.35. The van der Waals surface area contributed by atoms with E-state index in [1.807, 2.05) is 17.8 Å². The lowest BCUT2D eigenvalue weighted by Crippen LogP contribution is -2.31. The van der Waals surface area contributed by atoms with Crippen LogP contribution < -0.4 is 15.3 Å². The van der Waals surface area contributed by atoms with E-state index in [0.29, 0.717) is 5.25 Å². The number of H-pyrrole nitrogens is 1. The van der Waals surface area contributed by atoms with Gasteiger partial charge in [-0.2, -0.15) is 0 Å². The quantitative estimate of drug-likeness (QED) is 0.857. The molecule has 2 nitrogen and oxygen atoms in total. The first-order chi connectivity index (χ1) is 9.36. The monoisotopic (exact) mass is 267 g/mol. The van der Waals surface area contributed by atoms with Crippen LogP contribution in [0.25, 0.3) is 21.9 Å². The minimum Gasteiger partial charge on any atom is -0.497 e. The molecule has 19 heavy (non-hydrogen) atoms. The van der Waals surface area contributed by atoms with Crippen LogP contribution in [-0.4, -0.2) is 17.3 Å². The molecule has 1 N–H and O–H groups in total. The number of ether oxygens (including phenoxy) is 1. The Labute approximate surface area is 115 Å². The molecule has 1 aromatic heterocycles. The summed E-state index contributed by atoms with van der Waals surface area (Å²) in [5, 5.41) is 6.50. The molecule has 0 bridgehead atoms. The highest BCUT2D eigenvalue weighted by molar-refractivity contribution is 8.07. The van der Waals surface area contributed by atoms with Gasteiger partial charge in [0.05, 0.1) is 23.2 Å². The van der Waals surface area contributed by atoms with E-state index in [2.05, 4.69) is 46.8 Å². The number of aromatic amines is 1. The summed E-state index contributed by atoms with van der Waals surface area (Å²) in [5.41, 5.74) is 2.50. The van der Waals surface area contributed by atoms with Crippen molar-refractivity contribution in [2.75, 3.05) is 7.11 Å². The lowest BCUT2D eigenvalue weighted by Gasteiger charge is -2.16. The Bertz CT molecular complexity index is 841. The molecule has 3 heteroatoms. The molecule has 1 unspecified atom stereocenters. The van der Waals surface area contributed by atoms with Gasteiger partial charge in [-0.25, -0.2) is 0 Å². The highest BCUT2D eigenvalue weighted by Gasteiger charge is 2.17. The largest absolute Gasteiger partial charge is 0.497 e. The van der Waals surface area contributed by atoms with Crippen LogP contribution in [0.1, 0.15) is 0 Å². The Morgan fingerprint density at radius 1 is 1.26 bits per heavy atom. The van der Waals surface area contributed by atoms with Gasteiger partial charge in [0.2, 0.25) is 0 Å². The van der Waals surface area contributed by atoms with Crippen LogP contribution in [0.3, 0.4) is 0 Å². The summed E-state index contributed by atoms with van der Waals surface area (Å²) in [5.74, 6) is 0.888. The number of nitrogens with one attached hydrogen (secondary N) is 1. The molecular weight excluding hydrogens is 254 g/mol. The fourth-order valence-corrected chi connectivity index (χ4v) is 3.74. The van der Waals surface area contributed by atoms with Crippen LogP contribution in [0.15, 0.2) is 42.5 Å². The number of rotatable bonds is 1. The zero-order valence-corrected chi connectivity index (χ0v) is 11.3. The third-order valence-corrected chi connectivity index (χ3v) is 4.72. The van der Waals surface area contributed by atoms with Crippen LogP contribution in [0.4, 0.5) is 0 Å². The minimum absolute atomic E-state index is 0.437. The van der Waals surface area contributed by atoms with Crippen molar-refractivity contribution in [3.05, 3.63) is 53.1 Å². The van der Waals surface area contributed by atoms with E-state index in [1.165, 1.54) is 21.5 Å². The zero-order valence-electron chi connectivity index (χ0n) is 10.5. The van der Waals surface area contributed by atoms with Crippen molar-refractivity contribution < 1.29 is 4.74 Å². The van der Waals surface area contributed by atoms with Gasteiger partial charge in [-0.05, 0) is 23.1 Å². The van der Waals surface area contributed by atoms with Crippen molar-refractivity contribution in [1.29, 1.82) is 0 Å². The van der Waals surface area contributed by atoms with Gasteiger partial charge in [0.15, 0.2) is 0 Å². The van der Waals surface area contributed by atoms with Crippen molar-refractivity contribution in [2.24, 2.45) is 0 Å². The second-order valence-corrected chi connectivity index (χ2v) is 5.71. The van der Waals surface area contributed by atoms with E-state index in [0.717, 1.165) is 11.3 Å². The van der Waals surface area contributed by atoms with Gasteiger partial charge >= 0.3 is 0 Å². The highest BCUT2D eigenvalue weighted by Crippen LogP contribution is 2.28. The van der Waals surface area contributed by atoms with Gasteiger partial charge in [-0.1, -0.05) is 24.3 Å². The van der Waals surface area contributed by atoms with Crippen LogP contribution >= 0.6 is 11.8 Å². The summed E-state index contributed by atoms with van der Waals surface area (Å²) in [7, 11) is 1.70. The average molecular weight is 267 g/mol. The minimum atomic E-state index is 0.437. The van der Waals surface area contributed by atoms with Gasteiger partial charge in [0, 0.05) is 16.7 Å². The Hall–Kier alpha value is -1.87. The smallest absolute Gasteiger partial charge is 0.120 e. The van der Waals surface area contributed by atoms with Gasteiger partial charge < -0.3 is 9.72 Å². The first-order valence-electron chi connectivity index (χ1n) is 6.27. The molecule has 2 aliphatic rings. The average Bonchev–Trinajstić information content (AvgIpc) is 2.85. The topological polar surface area (TPSA) is 25.0 Å². The van der Waals surface area contributed by atoms with Crippen molar-refractivity contribution in [3.63, 3.8) is 0 Å². The molecule has 0 saturated carbocycles. The second kappa shape index (κ2) is 4.07. The summed E-state index contributed by atoms with van der Waals surface area (Å²) < 4.78 is 5.29. The summed E-state index contributed by atoms with van der Waals surface area (Å²) in [6.45, 7) is 0. The Balaban J connectivity index is 2.11. The maximum Gasteiger partial charge on any atom is 0.120 e. The number of fused-ring (bicyclic) bond motifs is 4. The number of aromatic nitrogens is 1. The second-order valence-electron chi connectivity index (χ2n) is 4.70. The van der Waals surface area contributed by atoms with Gasteiger partial charge in [-0.3, -0.25) is 0 Å². The summed E-state index contributed by atoms with van der Waals surface area (Å²) in [4.78, 5) is 3.54. The highest BCUT2D eigenvalue weighted by atomic mass is 32.2. The summed E-state index contributed by atoms with van der Waals surface area (Å²) >= 11 is 1.87. The molecule has 1 aliphatic carbocycles. The maximum absolute atomic E-state index is 5.29. The molecule has 0 saturated heterocycles. The molecule has 0 spiro atoms. The molecule has 2 heterocycles. The molecule has 2 aromatic rings. The number of hydrogen-bond acceptors (Lipinski definition) is 2. The van der Waals surface area contributed by atoms with Gasteiger partial charge in [0.1, 0.15) is 5.75 Å². The number of allylic oxidation sites excluding steroid dienone is 3. The third-order valence-electron chi connectivity index (χ3n) is 3.65. The fraction of sp³-hybridized carbons (Fsp3) is 0.125. The van der Waals surface area contributed by atoms with Gasteiger partial charge in [-0.15, -0.1) is 11.8 Å². The van der Waals surface area contributed by atoms with Crippen LogP contribution in [0.2, 0.25) is 0 Å². The van der Waals surface area contributed by atoms with E-state index in [-0.39, 0.29) is 0 Å². The number of benzene rings is 1. The summed E-state index contributed by atoms with van der Waals surface area (Å²) in [6, 6.07) is 6.20. The molecule has 94 valence electrons. The first kappa shape index (κ1) is 11.0. The number of thioether (sulfide) groups is 1. The molecule has 4 rings (SSSR count). The van der Waals surface area contributed by atoms with E-state index >= 15 is 0 Å². The predicted molar refractivity (Wildman–Crippen MR) is 81.6 cm³/mol. The van der Waals surface area contributed by atoms with Crippen LogP contribution in [0, 0.1) is 0 Å². The Morgan fingerprint density at radius 2 is 2.21 bits per heavy atom. The summed E-state index contributed by atoms with van der Waals surface area (Å²) in [6.07, 6.45) is 8.67. The maximum atomic E-state index is 5.29. The third kappa shape index (κ3) is 1.58. The van der Waals surface area contributed by atoms with Gasteiger partial charge in [0.25, 0.3) is 0 Å². The van der Waals surface area contributed by atoms with Crippen molar-refractivity contribution in [3.8, 4) is 5.75 Å². The van der Waals surface area contributed by atoms with Crippen molar-refractivity contribution in [1.82, 2.24) is 4.98 Å². The van der Waals surface area contributed by atoms with E-state index in [1.54, 1.807) is 7.11 Å². The van der Waals surface area contributed by atoms with Crippen molar-refractivity contribution >= 4 is 33.6 Å². The lowest BCUT2D eigenvalue weighted by molar-refractivity contribution is 0.415. The van der Waals surface area contributed by atoms with E-state index < -0.39 is 0 Å². The predicted octanol–water partition coefficient (Wildman–Crippen LogP) is 2.31. The standard InChI is InChI=1S/C16H13NOS/c1-18-10-6-7-11-13-9-19-15-5-3-2-4-12(15)16(13)17-14(11)8-10/h2-9,15,17H,1H3. The number of hydrogen-bond donors (Lipinski definition) is 1. The molecular formula is C16H13NOS. The van der Waals surface area contributed by atoms with Crippen molar-refractivity contribution in [2.45, 2.75) is 5.25 Å². The SMILES string of the molecule is COc1ccc2c3c([nH]c2c1)=C1C=CC=CC1SC=3. The molecule has 0 amide bonds. The molecule has 1 atom stereocenters. The molecule has 0 fully saturated rings. The molecule has 1 aliphatic heterocycles. The van der Waals surface area contributed by atoms with Crippen LogP contribution in [-0.2, 0) is 0 Å². The molecule has 0 radical (unpaired) electrons. The number of methoxy groups -OCH3 is 1. The fourth-order valence-electron chi connectivity index (χ4n) is 2.68. The zero-order chi connectivity index (χ0) is 12.8. The van der Waals surface area contributed by atoms with E-state index in [9.17, 15) is 0 Å².